The lowest BCUT2D eigenvalue weighted by atomic mass is 9.96. The summed E-state index contributed by atoms with van der Waals surface area (Å²) in [4.78, 5) is 30.6. The second-order valence-corrected chi connectivity index (χ2v) is 6.60. The van der Waals surface area contributed by atoms with Crippen molar-refractivity contribution >= 4 is 5.91 Å². The fraction of sp³-hybridized carbons (Fsp3) is 0.556. The highest BCUT2D eigenvalue weighted by molar-refractivity contribution is 5.92. The van der Waals surface area contributed by atoms with Crippen molar-refractivity contribution in [3.63, 3.8) is 0 Å². The van der Waals surface area contributed by atoms with E-state index in [1.54, 1.807) is 7.05 Å². The van der Waals surface area contributed by atoms with Crippen molar-refractivity contribution in [1.29, 1.82) is 0 Å². The number of likely N-dealkylation sites (tertiary alicyclic amines) is 1. The maximum Gasteiger partial charge on any atom is 0.274 e. The lowest BCUT2D eigenvalue weighted by molar-refractivity contribution is 0.0694. The molecule has 0 N–H and O–H groups in total. The molecule has 0 unspecified atom stereocenters. The normalized spacial score (nSPS) is 17.7. The lowest BCUT2D eigenvalue weighted by Gasteiger charge is -2.32. The van der Waals surface area contributed by atoms with E-state index in [-0.39, 0.29) is 17.4 Å². The van der Waals surface area contributed by atoms with Gasteiger partial charge in [0, 0.05) is 51.1 Å². The van der Waals surface area contributed by atoms with E-state index >= 15 is 0 Å². The number of piperidine rings is 1. The molecule has 1 amide bonds. The van der Waals surface area contributed by atoms with Crippen LogP contribution in [-0.2, 0) is 13.6 Å². The molecule has 1 aliphatic heterocycles. The Balaban J connectivity index is 1.74. The smallest absolute Gasteiger partial charge is 0.274 e. The Hall–Kier alpha value is -2.44. The third kappa shape index (κ3) is 3.81. The van der Waals surface area contributed by atoms with Crippen LogP contribution in [0.25, 0.3) is 0 Å². The summed E-state index contributed by atoms with van der Waals surface area (Å²) in [6.45, 7) is 4.51. The first-order valence-electron chi connectivity index (χ1n) is 8.94. The number of carbonyl (C=O) groups excluding carboxylic acids is 1. The topological polar surface area (TPSA) is 73.0 Å². The molecule has 7 nitrogen and oxygen atoms in total. The van der Waals surface area contributed by atoms with Crippen LogP contribution in [0.15, 0.2) is 29.3 Å². The molecule has 2 aromatic heterocycles. The second-order valence-electron chi connectivity index (χ2n) is 6.60. The van der Waals surface area contributed by atoms with Gasteiger partial charge in [0.25, 0.3) is 11.5 Å². The minimum atomic E-state index is -0.217. The number of nitrogens with zero attached hydrogens (tertiary/aromatic N) is 5. The van der Waals surface area contributed by atoms with E-state index in [1.807, 2.05) is 17.3 Å². The van der Waals surface area contributed by atoms with Gasteiger partial charge in [-0.2, -0.15) is 5.10 Å². The molecular weight excluding hydrogens is 318 g/mol. The summed E-state index contributed by atoms with van der Waals surface area (Å²) in [6.07, 6.45) is 8.13. The summed E-state index contributed by atoms with van der Waals surface area (Å²) in [6, 6.07) is 2.90. The van der Waals surface area contributed by atoms with E-state index in [9.17, 15) is 9.59 Å². The van der Waals surface area contributed by atoms with Crippen LogP contribution in [-0.4, -0.2) is 43.2 Å². The predicted molar refractivity (Wildman–Crippen MR) is 94.5 cm³/mol. The maximum absolute atomic E-state index is 12.8. The molecule has 0 aliphatic carbocycles. The summed E-state index contributed by atoms with van der Waals surface area (Å²) in [5.41, 5.74) is 0.100. The number of unbranched alkanes of at least 4 members (excludes halogenated alkanes) is 1. The average Bonchev–Trinajstić information content (AvgIpc) is 3.10. The molecule has 1 saturated heterocycles. The summed E-state index contributed by atoms with van der Waals surface area (Å²) >= 11 is 0. The van der Waals surface area contributed by atoms with Crippen molar-refractivity contribution in [1.82, 2.24) is 24.2 Å². The SMILES string of the molecule is CCCCn1ccnc1[C@@H]1CCCN(C(=O)c2ccc(=O)n(C)n2)C1. The molecule has 1 atom stereocenters. The number of hydrogen-bond donors (Lipinski definition) is 0. The maximum atomic E-state index is 12.8. The minimum absolute atomic E-state index is 0.119. The van der Waals surface area contributed by atoms with Crippen LogP contribution >= 0.6 is 0 Å². The van der Waals surface area contributed by atoms with Gasteiger partial charge < -0.3 is 9.47 Å². The summed E-state index contributed by atoms with van der Waals surface area (Å²) in [5, 5.41) is 4.09. The molecule has 3 rings (SSSR count). The Morgan fingerprint density at radius 3 is 2.96 bits per heavy atom. The highest BCUT2D eigenvalue weighted by atomic mass is 16.2. The van der Waals surface area contributed by atoms with Gasteiger partial charge >= 0.3 is 0 Å². The Bertz CT molecular complexity index is 795. The minimum Gasteiger partial charge on any atom is -0.337 e. The van der Waals surface area contributed by atoms with E-state index in [1.165, 1.54) is 16.8 Å². The first-order chi connectivity index (χ1) is 12.1. The van der Waals surface area contributed by atoms with Crippen molar-refractivity contribution < 1.29 is 4.79 Å². The summed E-state index contributed by atoms with van der Waals surface area (Å²) in [5.74, 6) is 1.20. The fourth-order valence-corrected chi connectivity index (χ4v) is 3.35. The van der Waals surface area contributed by atoms with E-state index in [0.29, 0.717) is 12.2 Å². The van der Waals surface area contributed by atoms with Gasteiger partial charge in [-0.3, -0.25) is 9.59 Å². The number of hydrogen-bond acceptors (Lipinski definition) is 4. The van der Waals surface area contributed by atoms with Crippen molar-refractivity contribution in [2.24, 2.45) is 7.05 Å². The Labute approximate surface area is 147 Å². The monoisotopic (exact) mass is 343 g/mol. The molecular formula is C18H25N5O2. The van der Waals surface area contributed by atoms with Crippen LogP contribution in [0.5, 0.6) is 0 Å². The largest absolute Gasteiger partial charge is 0.337 e. The zero-order chi connectivity index (χ0) is 17.8. The number of aryl methyl sites for hydroxylation is 2. The third-order valence-corrected chi connectivity index (χ3v) is 4.75. The molecule has 3 heterocycles. The van der Waals surface area contributed by atoms with E-state index in [4.69, 9.17) is 0 Å². The van der Waals surface area contributed by atoms with E-state index in [0.717, 1.165) is 44.6 Å². The first kappa shape index (κ1) is 17.4. The quantitative estimate of drug-likeness (QED) is 0.830. The average molecular weight is 343 g/mol. The van der Waals surface area contributed by atoms with Gasteiger partial charge in [-0.25, -0.2) is 9.67 Å². The van der Waals surface area contributed by atoms with Gasteiger partial charge in [-0.15, -0.1) is 0 Å². The van der Waals surface area contributed by atoms with Crippen LogP contribution in [0, 0.1) is 0 Å². The first-order valence-corrected chi connectivity index (χ1v) is 8.94. The molecule has 7 heteroatoms. The van der Waals surface area contributed by atoms with Crippen LogP contribution in [0.1, 0.15) is 54.8 Å². The van der Waals surface area contributed by atoms with E-state index in [2.05, 4.69) is 21.6 Å². The predicted octanol–water partition coefficient (Wildman–Crippen LogP) is 1.80. The van der Waals surface area contributed by atoms with Crippen molar-refractivity contribution in [3.8, 4) is 0 Å². The van der Waals surface area contributed by atoms with Crippen molar-refractivity contribution in [2.45, 2.75) is 45.1 Å². The zero-order valence-electron chi connectivity index (χ0n) is 14.9. The fourth-order valence-electron chi connectivity index (χ4n) is 3.35. The Kier molecular flexibility index (Phi) is 5.31. The molecule has 1 aliphatic rings. The number of carbonyl (C=O) groups is 1. The van der Waals surface area contributed by atoms with Gasteiger partial charge in [-0.05, 0) is 25.3 Å². The highest BCUT2D eigenvalue weighted by Gasteiger charge is 2.28. The third-order valence-electron chi connectivity index (χ3n) is 4.75. The zero-order valence-corrected chi connectivity index (χ0v) is 14.9. The molecule has 25 heavy (non-hydrogen) atoms. The van der Waals surface area contributed by atoms with Crippen LogP contribution in [0.4, 0.5) is 0 Å². The Morgan fingerprint density at radius 1 is 1.36 bits per heavy atom. The standard InChI is InChI=1S/C18H25N5O2/c1-3-4-10-22-12-9-19-17(22)14-6-5-11-23(13-14)18(25)15-7-8-16(24)21(2)20-15/h7-9,12,14H,3-6,10-11,13H2,1-2H3/t14-/m1/s1. The second kappa shape index (κ2) is 7.63. The van der Waals surface area contributed by atoms with Crippen molar-refractivity contribution in [3.05, 3.63) is 46.4 Å². The van der Waals surface area contributed by atoms with Crippen LogP contribution in [0.3, 0.4) is 0 Å². The van der Waals surface area contributed by atoms with Crippen LogP contribution in [0.2, 0.25) is 0 Å². The Morgan fingerprint density at radius 2 is 2.20 bits per heavy atom. The molecule has 0 bridgehead atoms. The van der Waals surface area contributed by atoms with Crippen LogP contribution < -0.4 is 5.56 Å². The molecule has 0 radical (unpaired) electrons. The number of imidazole rings is 1. The number of rotatable bonds is 5. The molecule has 0 spiro atoms. The molecule has 1 fully saturated rings. The van der Waals surface area contributed by atoms with E-state index < -0.39 is 0 Å². The van der Waals surface area contributed by atoms with Gasteiger partial charge in [0.05, 0.1) is 0 Å². The molecule has 0 saturated carbocycles. The van der Waals surface area contributed by atoms with Gasteiger partial charge in [0.2, 0.25) is 0 Å². The lowest BCUT2D eigenvalue weighted by Crippen LogP contribution is -2.40. The number of amides is 1. The summed E-state index contributed by atoms with van der Waals surface area (Å²) < 4.78 is 3.42. The number of aromatic nitrogens is 4. The molecule has 0 aromatic carbocycles. The van der Waals surface area contributed by atoms with Crippen molar-refractivity contribution in [2.75, 3.05) is 13.1 Å². The molecule has 134 valence electrons. The van der Waals surface area contributed by atoms with Gasteiger partial charge in [0.1, 0.15) is 11.5 Å². The van der Waals surface area contributed by atoms with Gasteiger partial charge in [0.15, 0.2) is 0 Å². The molecule has 2 aromatic rings. The van der Waals surface area contributed by atoms with Gasteiger partial charge in [-0.1, -0.05) is 13.3 Å². The highest BCUT2D eigenvalue weighted by Crippen LogP contribution is 2.26. The summed E-state index contributed by atoms with van der Waals surface area (Å²) in [7, 11) is 1.56.